The van der Waals surface area contributed by atoms with E-state index in [0.29, 0.717) is 0 Å². The maximum Gasteiger partial charge on any atom is 0.167 e. The monoisotopic (exact) mass is 304 g/mol. The van der Waals surface area contributed by atoms with Gasteiger partial charge in [-0.1, -0.05) is 24.3 Å². The summed E-state index contributed by atoms with van der Waals surface area (Å²) in [5, 5.41) is 0. The molecule has 0 saturated heterocycles. The quantitative estimate of drug-likeness (QED) is 0.764. The highest BCUT2D eigenvalue weighted by Crippen LogP contribution is 2.14. The predicted molar refractivity (Wildman–Crippen MR) is 72.7 cm³/mol. The highest BCUT2D eigenvalue weighted by molar-refractivity contribution is 5.70. The van der Waals surface area contributed by atoms with Crippen LogP contribution in [0.25, 0.3) is 12.2 Å². The molecular weight excluding hydrogens is 288 g/mol. The molecule has 2 nitrogen and oxygen atoms in total. The predicted octanol–water partition coefficient (Wildman–Crippen LogP) is -0.259. The Kier molecular flexibility index (Phi) is 5.59. The minimum Gasteiger partial charge on any atom is -1.00 e. The van der Waals surface area contributed by atoms with Crippen LogP contribution in [0.15, 0.2) is 48.8 Å². The molecule has 0 radical (unpaired) electrons. The van der Waals surface area contributed by atoms with E-state index in [2.05, 4.69) is 46.3 Å². The second-order valence-electron chi connectivity index (χ2n) is 4.15. The first-order valence-corrected chi connectivity index (χ1v) is 5.67. The van der Waals surface area contributed by atoms with Gasteiger partial charge in [-0.05, 0) is 23.3 Å². The Morgan fingerprint density at radius 1 is 0.833 bits per heavy atom. The van der Waals surface area contributed by atoms with E-state index in [-0.39, 0.29) is 17.0 Å². The largest absolute Gasteiger partial charge is 1.00 e. The van der Waals surface area contributed by atoms with Gasteiger partial charge < -0.3 is 21.9 Å². The minimum atomic E-state index is 0. The molecule has 0 saturated carbocycles. The Morgan fingerprint density at radius 2 is 1.33 bits per heavy atom. The molecule has 1 aromatic heterocycles. The average molecular weight is 305 g/mol. The van der Waals surface area contributed by atoms with E-state index in [1.165, 1.54) is 16.8 Å². The summed E-state index contributed by atoms with van der Waals surface area (Å²) < 4.78 is 0. The summed E-state index contributed by atoms with van der Waals surface area (Å²) in [5.41, 5.74) is 3.63. The van der Waals surface area contributed by atoms with Crippen molar-refractivity contribution in [2.24, 2.45) is 0 Å². The SMILES string of the molecule is CN(C)c1ccc(C=Cc2cc[nH+]cc2)cc1.[Br-]. The van der Waals surface area contributed by atoms with Gasteiger partial charge in [0.25, 0.3) is 0 Å². The molecule has 1 heterocycles. The zero-order valence-electron chi connectivity index (χ0n) is 10.6. The minimum absolute atomic E-state index is 0. The molecule has 0 fully saturated rings. The smallest absolute Gasteiger partial charge is 0.167 e. The van der Waals surface area contributed by atoms with Crippen molar-refractivity contribution in [1.29, 1.82) is 0 Å². The molecule has 2 aromatic rings. The van der Waals surface area contributed by atoms with Gasteiger partial charge in [-0.2, -0.15) is 0 Å². The van der Waals surface area contributed by atoms with Crippen molar-refractivity contribution in [3.63, 3.8) is 0 Å². The third-order valence-corrected chi connectivity index (χ3v) is 2.62. The van der Waals surface area contributed by atoms with E-state index < -0.39 is 0 Å². The standard InChI is InChI=1S/C15H16N2.BrH/c1-17(2)15-7-5-13(6-8-15)3-4-14-9-11-16-12-10-14;/h3-12H,1-2H3;1H. The van der Waals surface area contributed by atoms with Gasteiger partial charge in [-0.3, -0.25) is 0 Å². The molecular formula is C15H17BrN2. The summed E-state index contributed by atoms with van der Waals surface area (Å²) in [5.74, 6) is 0. The number of benzene rings is 1. The van der Waals surface area contributed by atoms with E-state index in [1.54, 1.807) is 0 Å². The van der Waals surface area contributed by atoms with Crippen LogP contribution >= 0.6 is 0 Å². The van der Waals surface area contributed by atoms with Crippen LogP contribution in [0, 0.1) is 0 Å². The lowest BCUT2D eigenvalue weighted by atomic mass is 10.1. The molecule has 1 N–H and O–H groups in total. The zero-order valence-corrected chi connectivity index (χ0v) is 12.2. The molecule has 0 spiro atoms. The van der Waals surface area contributed by atoms with Crippen molar-refractivity contribution in [3.8, 4) is 0 Å². The Bertz CT molecular complexity index is 490. The van der Waals surface area contributed by atoms with Gasteiger partial charge in [-0.15, -0.1) is 0 Å². The van der Waals surface area contributed by atoms with Gasteiger partial charge in [0.05, 0.1) is 0 Å². The number of H-pyrrole nitrogens is 1. The molecule has 0 unspecified atom stereocenters. The number of halogens is 1. The van der Waals surface area contributed by atoms with Gasteiger partial charge in [0.1, 0.15) is 0 Å². The summed E-state index contributed by atoms with van der Waals surface area (Å²) in [7, 11) is 4.09. The normalized spacial score (nSPS) is 10.1. The fourth-order valence-corrected chi connectivity index (χ4v) is 1.59. The Hall–Kier alpha value is -1.61. The van der Waals surface area contributed by atoms with E-state index in [9.17, 15) is 0 Å². The lowest BCUT2D eigenvalue weighted by molar-refractivity contribution is -0.378. The molecule has 1 aromatic carbocycles. The molecule has 0 atom stereocenters. The van der Waals surface area contributed by atoms with Crippen LogP contribution in [0.4, 0.5) is 5.69 Å². The molecule has 0 amide bonds. The zero-order chi connectivity index (χ0) is 12.1. The van der Waals surface area contributed by atoms with E-state index >= 15 is 0 Å². The maximum absolute atomic E-state index is 3.01. The Labute approximate surface area is 119 Å². The number of pyridine rings is 1. The van der Waals surface area contributed by atoms with Crippen molar-refractivity contribution >= 4 is 17.8 Å². The van der Waals surface area contributed by atoms with Crippen LogP contribution in [-0.4, -0.2) is 14.1 Å². The number of hydrogen-bond donors (Lipinski definition) is 0. The molecule has 94 valence electrons. The van der Waals surface area contributed by atoms with Gasteiger partial charge in [0, 0.05) is 31.9 Å². The van der Waals surface area contributed by atoms with Crippen LogP contribution in [0.3, 0.4) is 0 Å². The van der Waals surface area contributed by atoms with Gasteiger partial charge in [0.15, 0.2) is 12.4 Å². The molecule has 0 aliphatic rings. The van der Waals surface area contributed by atoms with E-state index in [0.717, 1.165) is 0 Å². The molecule has 3 heteroatoms. The highest BCUT2D eigenvalue weighted by atomic mass is 79.9. The molecule has 0 bridgehead atoms. The van der Waals surface area contributed by atoms with Crippen molar-refractivity contribution in [1.82, 2.24) is 0 Å². The number of hydrogen-bond acceptors (Lipinski definition) is 1. The van der Waals surface area contributed by atoms with Crippen molar-refractivity contribution < 1.29 is 22.0 Å². The third-order valence-electron chi connectivity index (χ3n) is 2.62. The van der Waals surface area contributed by atoms with Crippen molar-refractivity contribution in [3.05, 3.63) is 59.9 Å². The first-order chi connectivity index (χ1) is 8.25. The number of rotatable bonds is 3. The summed E-state index contributed by atoms with van der Waals surface area (Å²) in [6.45, 7) is 0. The highest BCUT2D eigenvalue weighted by Gasteiger charge is 1.93. The van der Waals surface area contributed by atoms with Crippen molar-refractivity contribution in [2.75, 3.05) is 19.0 Å². The molecule has 18 heavy (non-hydrogen) atoms. The summed E-state index contributed by atoms with van der Waals surface area (Å²) >= 11 is 0. The molecule has 0 aliphatic carbocycles. The van der Waals surface area contributed by atoms with E-state index in [4.69, 9.17) is 0 Å². The number of aromatic amines is 1. The Morgan fingerprint density at radius 3 is 1.83 bits per heavy atom. The fraction of sp³-hybridized carbons (Fsp3) is 0.133. The first-order valence-electron chi connectivity index (χ1n) is 5.67. The fourth-order valence-electron chi connectivity index (χ4n) is 1.59. The lowest BCUT2D eigenvalue weighted by Crippen LogP contribution is -3.00. The van der Waals surface area contributed by atoms with Gasteiger partial charge in [-0.25, -0.2) is 4.98 Å². The maximum atomic E-state index is 3.01. The number of aromatic nitrogens is 1. The Balaban J connectivity index is 0.00000162. The van der Waals surface area contributed by atoms with Crippen LogP contribution in [-0.2, 0) is 0 Å². The van der Waals surface area contributed by atoms with Gasteiger partial charge in [0.2, 0.25) is 0 Å². The average Bonchev–Trinajstić information content (AvgIpc) is 2.38. The van der Waals surface area contributed by atoms with Crippen molar-refractivity contribution in [2.45, 2.75) is 0 Å². The number of anilines is 1. The van der Waals surface area contributed by atoms with Crippen LogP contribution in [0.2, 0.25) is 0 Å². The first kappa shape index (κ1) is 14.5. The molecule has 2 rings (SSSR count). The van der Waals surface area contributed by atoms with Crippen LogP contribution < -0.4 is 26.9 Å². The topological polar surface area (TPSA) is 17.4 Å². The van der Waals surface area contributed by atoms with Crippen LogP contribution in [0.1, 0.15) is 11.1 Å². The van der Waals surface area contributed by atoms with E-state index in [1.807, 2.05) is 38.6 Å². The third kappa shape index (κ3) is 4.00. The summed E-state index contributed by atoms with van der Waals surface area (Å²) in [4.78, 5) is 5.11. The molecule has 0 aliphatic heterocycles. The number of nitrogens with zero attached hydrogens (tertiary/aromatic N) is 1. The van der Waals surface area contributed by atoms with Gasteiger partial charge >= 0.3 is 0 Å². The second kappa shape index (κ2) is 6.97. The van der Waals surface area contributed by atoms with Crippen LogP contribution in [0.5, 0.6) is 0 Å². The number of nitrogens with one attached hydrogen (secondary N) is 1. The summed E-state index contributed by atoms with van der Waals surface area (Å²) in [6.07, 6.45) is 8.08. The lowest BCUT2D eigenvalue weighted by Gasteiger charge is -2.11. The second-order valence-corrected chi connectivity index (χ2v) is 4.15. The summed E-state index contributed by atoms with van der Waals surface area (Å²) in [6, 6.07) is 12.6.